The number of amides is 1. The van der Waals surface area contributed by atoms with Crippen molar-refractivity contribution in [3.63, 3.8) is 0 Å². The summed E-state index contributed by atoms with van der Waals surface area (Å²) in [4.78, 5) is 11.8. The maximum Gasteiger partial charge on any atom is 0.573 e. The number of nitrogens with one attached hydrogen (secondary N) is 2. The number of carbonyl (C=O) groups is 1. The minimum absolute atomic E-state index is 0.174. The average molecular weight is 414 g/mol. The Morgan fingerprint density at radius 2 is 1.79 bits per heavy atom. The standard InChI is InChI=1S/C18H17F3N2O4S/c19-18(20,21)27-13-6-8-14(9-7-13)28(25,26)22-11-17(24)23-16-10-5-12-3-1-2-4-15(12)16/h1-4,6-9,16,22H,5,10-11H2,(H,23,24). The van der Waals surface area contributed by atoms with Crippen molar-refractivity contribution in [2.75, 3.05) is 6.54 Å². The Bertz CT molecular complexity index is 960. The van der Waals surface area contributed by atoms with Gasteiger partial charge in [-0.15, -0.1) is 13.2 Å². The highest BCUT2D eigenvalue weighted by Gasteiger charge is 2.31. The van der Waals surface area contributed by atoms with Crippen LogP contribution in [-0.2, 0) is 21.2 Å². The molecular formula is C18H17F3N2O4S. The number of halogens is 3. The topological polar surface area (TPSA) is 84.5 Å². The van der Waals surface area contributed by atoms with Gasteiger partial charge in [-0.25, -0.2) is 13.1 Å². The predicted octanol–water partition coefficient (Wildman–Crippen LogP) is 2.67. The lowest BCUT2D eigenvalue weighted by Gasteiger charge is -2.14. The number of rotatable bonds is 6. The quantitative estimate of drug-likeness (QED) is 0.761. The van der Waals surface area contributed by atoms with Gasteiger partial charge < -0.3 is 10.1 Å². The van der Waals surface area contributed by atoms with Crippen molar-refractivity contribution in [3.05, 3.63) is 59.7 Å². The smallest absolute Gasteiger partial charge is 0.406 e. The van der Waals surface area contributed by atoms with Gasteiger partial charge in [0.25, 0.3) is 0 Å². The predicted molar refractivity (Wildman–Crippen MR) is 94.0 cm³/mol. The first-order valence-corrected chi connectivity index (χ1v) is 9.85. The Morgan fingerprint density at radius 3 is 2.46 bits per heavy atom. The number of hydrogen-bond donors (Lipinski definition) is 2. The summed E-state index contributed by atoms with van der Waals surface area (Å²) in [5.41, 5.74) is 2.16. The summed E-state index contributed by atoms with van der Waals surface area (Å²) in [6.07, 6.45) is -3.30. The first-order chi connectivity index (χ1) is 13.1. The molecular weight excluding hydrogens is 397 g/mol. The fourth-order valence-electron chi connectivity index (χ4n) is 3.02. The average Bonchev–Trinajstić information content (AvgIpc) is 3.02. The number of carbonyl (C=O) groups excluding carboxylic acids is 1. The van der Waals surface area contributed by atoms with Gasteiger partial charge in [0.2, 0.25) is 15.9 Å². The van der Waals surface area contributed by atoms with E-state index in [0.717, 1.165) is 48.2 Å². The van der Waals surface area contributed by atoms with Crippen LogP contribution in [0.25, 0.3) is 0 Å². The molecule has 2 N–H and O–H groups in total. The van der Waals surface area contributed by atoms with Crippen LogP contribution in [0, 0.1) is 0 Å². The number of alkyl halides is 3. The molecule has 0 fully saturated rings. The molecule has 2 aromatic rings. The van der Waals surface area contributed by atoms with Gasteiger partial charge in [0.15, 0.2) is 0 Å². The molecule has 0 bridgehead atoms. The van der Waals surface area contributed by atoms with Crippen LogP contribution in [0.2, 0.25) is 0 Å². The molecule has 0 aromatic heterocycles. The monoisotopic (exact) mass is 414 g/mol. The van der Waals surface area contributed by atoms with E-state index in [1.54, 1.807) is 0 Å². The molecule has 0 heterocycles. The zero-order chi connectivity index (χ0) is 20.4. The molecule has 0 saturated heterocycles. The van der Waals surface area contributed by atoms with E-state index in [1.165, 1.54) is 0 Å². The van der Waals surface area contributed by atoms with Crippen molar-refractivity contribution < 1.29 is 31.1 Å². The van der Waals surface area contributed by atoms with E-state index >= 15 is 0 Å². The molecule has 3 rings (SSSR count). The van der Waals surface area contributed by atoms with Crippen molar-refractivity contribution in [1.82, 2.24) is 10.0 Å². The zero-order valence-electron chi connectivity index (χ0n) is 14.5. The van der Waals surface area contributed by atoms with Crippen LogP contribution in [0.3, 0.4) is 0 Å². The summed E-state index contributed by atoms with van der Waals surface area (Å²) in [6, 6.07) is 11.2. The molecule has 1 unspecified atom stereocenters. The van der Waals surface area contributed by atoms with Crippen LogP contribution in [0.5, 0.6) is 5.75 Å². The first kappa shape index (κ1) is 20.2. The van der Waals surface area contributed by atoms with Gasteiger partial charge in [0.1, 0.15) is 5.75 Å². The van der Waals surface area contributed by atoms with Gasteiger partial charge in [0, 0.05) is 0 Å². The molecule has 1 atom stereocenters. The molecule has 6 nitrogen and oxygen atoms in total. The molecule has 0 spiro atoms. The zero-order valence-corrected chi connectivity index (χ0v) is 15.3. The summed E-state index contributed by atoms with van der Waals surface area (Å²) in [7, 11) is -4.06. The Hall–Kier alpha value is -2.59. The molecule has 2 aromatic carbocycles. The number of aryl methyl sites for hydroxylation is 1. The van der Waals surface area contributed by atoms with Gasteiger partial charge in [0.05, 0.1) is 17.5 Å². The summed E-state index contributed by atoms with van der Waals surface area (Å²) >= 11 is 0. The molecule has 1 aliphatic carbocycles. The third kappa shape index (κ3) is 5.02. The van der Waals surface area contributed by atoms with Gasteiger partial charge in [-0.1, -0.05) is 24.3 Å². The number of fused-ring (bicyclic) bond motifs is 1. The molecule has 28 heavy (non-hydrogen) atoms. The largest absolute Gasteiger partial charge is 0.573 e. The highest BCUT2D eigenvalue weighted by molar-refractivity contribution is 7.89. The molecule has 0 saturated carbocycles. The fourth-order valence-corrected chi connectivity index (χ4v) is 4.00. The minimum atomic E-state index is -4.87. The van der Waals surface area contributed by atoms with Crippen LogP contribution in [0.4, 0.5) is 13.2 Å². The third-order valence-corrected chi connectivity index (χ3v) is 5.68. The van der Waals surface area contributed by atoms with Crippen LogP contribution >= 0.6 is 0 Å². The maximum absolute atomic E-state index is 12.2. The highest BCUT2D eigenvalue weighted by atomic mass is 32.2. The summed E-state index contributed by atoms with van der Waals surface area (Å²) in [6.45, 7) is -0.484. The Morgan fingerprint density at radius 1 is 1.11 bits per heavy atom. The van der Waals surface area contributed by atoms with Crippen LogP contribution in [-0.4, -0.2) is 27.2 Å². The van der Waals surface area contributed by atoms with Gasteiger partial charge in [-0.2, -0.15) is 0 Å². The van der Waals surface area contributed by atoms with Crippen molar-refractivity contribution >= 4 is 15.9 Å². The second-order valence-corrected chi connectivity index (χ2v) is 7.97. The van der Waals surface area contributed by atoms with E-state index in [4.69, 9.17) is 0 Å². The second kappa shape index (κ2) is 7.80. The minimum Gasteiger partial charge on any atom is -0.406 e. The summed E-state index contributed by atoms with van der Waals surface area (Å²) < 4.78 is 66.7. The van der Waals surface area contributed by atoms with Gasteiger partial charge >= 0.3 is 6.36 Å². The lowest BCUT2D eigenvalue weighted by molar-refractivity contribution is -0.274. The number of hydrogen-bond acceptors (Lipinski definition) is 4. The first-order valence-electron chi connectivity index (χ1n) is 8.37. The molecule has 0 aliphatic heterocycles. The van der Waals surface area contributed by atoms with Gasteiger partial charge in [-0.3, -0.25) is 4.79 Å². The Labute approximate surface area is 159 Å². The van der Waals surface area contributed by atoms with Crippen molar-refractivity contribution in [3.8, 4) is 5.75 Å². The van der Waals surface area contributed by atoms with Crippen LogP contribution in [0.1, 0.15) is 23.6 Å². The van der Waals surface area contributed by atoms with E-state index < -0.39 is 34.6 Å². The van der Waals surface area contributed by atoms with E-state index in [2.05, 4.69) is 14.8 Å². The Kier molecular flexibility index (Phi) is 5.61. The van der Waals surface area contributed by atoms with Crippen molar-refractivity contribution in [2.45, 2.75) is 30.1 Å². The van der Waals surface area contributed by atoms with Crippen molar-refractivity contribution in [1.29, 1.82) is 0 Å². The second-order valence-electron chi connectivity index (χ2n) is 6.20. The van der Waals surface area contributed by atoms with E-state index in [9.17, 15) is 26.4 Å². The van der Waals surface area contributed by atoms with E-state index in [0.29, 0.717) is 0 Å². The SMILES string of the molecule is O=C(CNS(=O)(=O)c1ccc(OC(F)(F)F)cc1)NC1CCc2ccccc21. The fraction of sp³-hybridized carbons (Fsp3) is 0.278. The van der Waals surface area contributed by atoms with Crippen LogP contribution in [0.15, 0.2) is 53.4 Å². The number of sulfonamides is 1. The van der Waals surface area contributed by atoms with E-state index in [-0.39, 0.29) is 10.9 Å². The molecule has 1 aliphatic rings. The normalized spacial score (nSPS) is 16.5. The summed E-state index contributed by atoms with van der Waals surface area (Å²) in [5.74, 6) is -1.04. The summed E-state index contributed by atoms with van der Waals surface area (Å²) in [5, 5.41) is 2.78. The maximum atomic E-state index is 12.2. The lowest BCUT2D eigenvalue weighted by atomic mass is 10.1. The molecule has 1 amide bonds. The third-order valence-electron chi connectivity index (χ3n) is 4.26. The number of benzene rings is 2. The van der Waals surface area contributed by atoms with Gasteiger partial charge in [-0.05, 0) is 48.2 Å². The Balaban J connectivity index is 1.57. The molecule has 0 radical (unpaired) electrons. The lowest BCUT2D eigenvalue weighted by Crippen LogP contribution is -2.38. The molecule has 10 heteroatoms. The molecule has 150 valence electrons. The van der Waals surface area contributed by atoms with Crippen LogP contribution < -0.4 is 14.8 Å². The highest BCUT2D eigenvalue weighted by Crippen LogP contribution is 2.30. The van der Waals surface area contributed by atoms with E-state index in [1.807, 2.05) is 24.3 Å². The number of ether oxygens (including phenoxy) is 1. The van der Waals surface area contributed by atoms with Crippen molar-refractivity contribution in [2.24, 2.45) is 0 Å².